The van der Waals surface area contributed by atoms with Gasteiger partial charge < -0.3 is 20.5 Å². The summed E-state index contributed by atoms with van der Waals surface area (Å²) in [7, 11) is 0. The SMILES string of the molecule is CCCOCCOCCNC(=O)[C@@H](C)N. The number of carbonyl (C=O) groups is 1. The first kappa shape index (κ1) is 14.3. The van der Waals surface area contributed by atoms with Crippen LogP contribution in [0.4, 0.5) is 0 Å². The minimum atomic E-state index is -0.460. The third-order valence-corrected chi connectivity index (χ3v) is 1.68. The van der Waals surface area contributed by atoms with Crippen LogP contribution < -0.4 is 11.1 Å². The van der Waals surface area contributed by atoms with Crippen LogP contribution in [0.3, 0.4) is 0 Å². The fourth-order valence-corrected chi connectivity index (χ4v) is 0.874. The van der Waals surface area contributed by atoms with Crippen LogP contribution in [0, 0.1) is 0 Å². The van der Waals surface area contributed by atoms with Gasteiger partial charge in [-0.1, -0.05) is 6.92 Å². The van der Waals surface area contributed by atoms with Gasteiger partial charge in [0.15, 0.2) is 0 Å². The van der Waals surface area contributed by atoms with Crippen molar-refractivity contribution in [3.05, 3.63) is 0 Å². The van der Waals surface area contributed by atoms with Crippen molar-refractivity contribution in [3.8, 4) is 0 Å². The van der Waals surface area contributed by atoms with E-state index in [2.05, 4.69) is 12.2 Å². The summed E-state index contributed by atoms with van der Waals surface area (Å²) in [6.45, 7) is 6.63. The quantitative estimate of drug-likeness (QED) is 0.530. The van der Waals surface area contributed by atoms with Crippen LogP contribution in [0.5, 0.6) is 0 Å². The third kappa shape index (κ3) is 9.65. The van der Waals surface area contributed by atoms with Crippen molar-refractivity contribution in [1.82, 2.24) is 5.32 Å². The second-order valence-electron chi connectivity index (χ2n) is 3.30. The lowest BCUT2D eigenvalue weighted by Crippen LogP contribution is -2.39. The van der Waals surface area contributed by atoms with Crippen LogP contribution >= 0.6 is 0 Å². The highest BCUT2D eigenvalue weighted by Gasteiger charge is 2.04. The average molecular weight is 218 g/mol. The molecule has 0 aromatic heterocycles. The second-order valence-corrected chi connectivity index (χ2v) is 3.30. The molecular weight excluding hydrogens is 196 g/mol. The monoisotopic (exact) mass is 218 g/mol. The van der Waals surface area contributed by atoms with E-state index < -0.39 is 6.04 Å². The highest BCUT2D eigenvalue weighted by atomic mass is 16.5. The van der Waals surface area contributed by atoms with E-state index >= 15 is 0 Å². The molecule has 0 unspecified atom stereocenters. The summed E-state index contributed by atoms with van der Waals surface area (Å²) in [6, 6.07) is -0.460. The molecule has 15 heavy (non-hydrogen) atoms. The molecule has 0 aromatic carbocycles. The number of nitrogens with one attached hydrogen (secondary N) is 1. The zero-order chi connectivity index (χ0) is 11.5. The smallest absolute Gasteiger partial charge is 0.236 e. The molecule has 3 N–H and O–H groups in total. The topological polar surface area (TPSA) is 73.6 Å². The summed E-state index contributed by atoms with van der Waals surface area (Å²) in [6.07, 6.45) is 1.02. The number of hydrogen-bond donors (Lipinski definition) is 2. The van der Waals surface area contributed by atoms with Crippen LogP contribution in [0.25, 0.3) is 0 Å². The lowest BCUT2D eigenvalue weighted by molar-refractivity contribution is -0.122. The standard InChI is InChI=1S/C10H22N2O3/c1-3-5-14-7-8-15-6-4-12-10(13)9(2)11/h9H,3-8,11H2,1-2H3,(H,12,13)/t9-/m1/s1. The summed E-state index contributed by atoms with van der Waals surface area (Å²) in [4.78, 5) is 11.0. The van der Waals surface area contributed by atoms with Crippen LogP contribution in [-0.4, -0.2) is 44.9 Å². The molecule has 0 fully saturated rings. The van der Waals surface area contributed by atoms with E-state index in [4.69, 9.17) is 15.2 Å². The molecule has 1 amide bonds. The van der Waals surface area contributed by atoms with Crippen molar-refractivity contribution in [2.24, 2.45) is 5.73 Å². The predicted octanol–water partition coefficient (Wildman–Crippen LogP) is -0.107. The minimum absolute atomic E-state index is 0.152. The summed E-state index contributed by atoms with van der Waals surface area (Å²) in [5.41, 5.74) is 5.36. The molecule has 5 heteroatoms. The van der Waals surface area contributed by atoms with Gasteiger partial charge >= 0.3 is 0 Å². The maximum absolute atomic E-state index is 11.0. The fraction of sp³-hybridized carbons (Fsp3) is 0.900. The number of amides is 1. The average Bonchev–Trinajstić information content (AvgIpc) is 2.21. The molecule has 90 valence electrons. The molecule has 0 aliphatic heterocycles. The molecule has 0 saturated carbocycles. The van der Waals surface area contributed by atoms with E-state index in [0.29, 0.717) is 26.4 Å². The first-order valence-corrected chi connectivity index (χ1v) is 5.37. The van der Waals surface area contributed by atoms with Crippen molar-refractivity contribution in [2.45, 2.75) is 26.3 Å². The Morgan fingerprint density at radius 2 is 1.87 bits per heavy atom. The van der Waals surface area contributed by atoms with Gasteiger partial charge in [0.1, 0.15) is 0 Å². The molecule has 0 radical (unpaired) electrons. The van der Waals surface area contributed by atoms with Gasteiger partial charge in [0, 0.05) is 13.2 Å². The third-order valence-electron chi connectivity index (χ3n) is 1.68. The molecule has 0 heterocycles. The maximum atomic E-state index is 11.0. The van der Waals surface area contributed by atoms with Gasteiger partial charge in [0.25, 0.3) is 0 Å². The van der Waals surface area contributed by atoms with Crippen molar-refractivity contribution < 1.29 is 14.3 Å². The number of ether oxygens (including phenoxy) is 2. The largest absolute Gasteiger partial charge is 0.379 e. The van der Waals surface area contributed by atoms with E-state index in [9.17, 15) is 4.79 Å². The van der Waals surface area contributed by atoms with Gasteiger partial charge in [-0.2, -0.15) is 0 Å². The van der Waals surface area contributed by atoms with E-state index in [0.717, 1.165) is 13.0 Å². The van der Waals surface area contributed by atoms with Gasteiger partial charge in [-0.25, -0.2) is 0 Å². The Balaban J connectivity index is 3.08. The maximum Gasteiger partial charge on any atom is 0.236 e. The summed E-state index contributed by atoms with van der Waals surface area (Å²) >= 11 is 0. The van der Waals surface area contributed by atoms with Crippen molar-refractivity contribution in [2.75, 3.05) is 33.0 Å². The van der Waals surface area contributed by atoms with Gasteiger partial charge in [-0.05, 0) is 13.3 Å². The number of carbonyl (C=O) groups excluding carboxylic acids is 1. The molecule has 5 nitrogen and oxygen atoms in total. The normalized spacial score (nSPS) is 12.5. The van der Waals surface area contributed by atoms with Crippen LogP contribution in [0.2, 0.25) is 0 Å². The van der Waals surface area contributed by atoms with Crippen molar-refractivity contribution in [1.29, 1.82) is 0 Å². The summed E-state index contributed by atoms with van der Waals surface area (Å²) in [5.74, 6) is -0.152. The van der Waals surface area contributed by atoms with Gasteiger partial charge in [0.05, 0.1) is 25.9 Å². The predicted molar refractivity (Wildman–Crippen MR) is 58.6 cm³/mol. The molecule has 0 aliphatic rings. The van der Waals surface area contributed by atoms with Crippen molar-refractivity contribution in [3.63, 3.8) is 0 Å². The molecular formula is C10H22N2O3. The minimum Gasteiger partial charge on any atom is -0.379 e. The van der Waals surface area contributed by atoms with E-state index in [-0.39, 0.29) is 5.91 Å². The van der Waals surface area contributed by atoms with Gasteiger partial charge in [0.2, 0.25) is 5.91 Å². The first-order chi connectivity index (χ1) is 7.18. The Bertz CT molecular complexity index is 163. The molecule has 0 spiro atoms. The summed E-state index contributed by atoms with van der Waals surface area (Å²) in [5, 5.41) is 2.65. The van der Waals surface area contributed by atoms with Crippen molar-refractivity contribution >= 4 is 5.91 Å². The van der Waals surface area contributed by atoms with Gasteiger partial charge in [-0.15, -0.1) is 0 Å². The lowest BCUT2D eigenvalue weighted by atomic mass is 10.3. The van der Waals surface area contributed by atoms with Crippen LogP contribution in [-0.2, 0) is 14.3 Å². The lowest BCUT2D eigenvalue weighted by Gasteiger charge is -2.08. The fourth-order valence-electron chi connectivity index (χ4n) is 0.874. The zero-order valence-corrected chi connectivity index (χ0v) is 9.62. The highest BCUT2D eigenvalue weighted by molar-refractivity contribution is 5.80. The Morgan fingerprint density at radius 1 is 1.27 bits per heavy atom. The Labute approximate surface area is 91.3 Å². The number of rotatable bonds is 9. The van der Waals surface area contributed by atoms with Crippen LogP contribution in [0.15, 0.2) is 0 Å². The Hall–Kier alpha value is -0.650. The number of nitrogens with two attached hydrogens (primary N) is 1. The molecule has 0 saturated heterocycles. The zero-order valence-electron chi connectivity index (χ0n) is 9.62. The molecule has 0 bridgehead atoms. The summed E-state index contributed by atoms with van der Waals surface area (Å²) < 4.78 is 10.4. The highest BCUT2D eigenvalue weighted by Crippen LogP contribution is 1.81. The molecule has 0 aliphatic carbocycles. The Kier molecular flexibility index (Phi) is 9.46. The number of hydrogen-bond acceptors (Lipinski definition) is 4. The first-order valence-electron chi connectivity index (χ1n) is 5.37. The van der Waals surface area contributed by atoms with Crippen LogP contribution in [0.1, 0.15) is 20.3 Å². The Morgan fingerprint density at radius 3 is 2.40 bits per heavy atom. The van der Waals surface area contributed by atoms with E-state index in [1.807, 2.05) is 0 Å². The van der Waals surface area contributed by atoms with E-state index in [1.54, 1.807) is 6.92 Å². The second kappa shape index (κ2) is 9.89. The molecule has 1 atom stereocenters. The molecule has 0 rings (SSSR count). The molecule has 0 aromatic rings. The van der Waals surface area contributed by atoms with E-state index in [1.165, 1.54) is 0 Å². The van der Waals surface area contributed by atoms with Gasteiger partial charge in [-0.3, -0.25) is 4.79 Å².